The maximum Gasteiger partial charge on any atom is 0.134 e. The molecular formula is C16H15N3O2. The summed E-state index contributed by atoms with van der Waals surface area (Å²) in [6.45, 7) is 2.40. The molecule has 0 amide bonds. The Balaban J connectivity index is 1.67. The summed E-state index contributed by atoms with van der Waals surface area (Å²) in [5.41, 5.74) is 2.77. The van der Waals surface area contributed by atoms with Crippen molar-refractivity contribution >= 4 is 0 Å². The maximum absolute atomic E-state index is 9.27. The Hall–Kier alpha value is -2.82. The van der Waals surface area contributed by atoms with Gasteiger partial charge in [0.05, 0.1) is 11.9 Å². The Kier molecular flexibility index (Phi) is 3.55. The number of aromatic hydroxyl groups is 1. The van der Waals surface area contributed by atoms with Gasteiger partial charge in [-0.05, 0) is 43.3 Å². The molecule has 1 aromatic heterocycles. The predicted octanol–water partition coefficient (Wildman–Crippen LogP) is 2.86. The Morgan fingerprint density at radius 3 is 2.48 bits per heavy atom. The number of aryl methyl sites for hydroxylation is 1. The van der Waals surface area contributed by atoms with Crippen LogP contribution in [0.3, 0.4) is 0 Å². The number of ether oxygens (including phenoxy) is 1. The molecule has 106 valence electrons. The van der Waals surface area contributed by atoms with Crippen LogP contribution >= 0.6 is 0 Å². The lowest BCUT2D eigenvalue weighted by Gasteiger charge is -2.03. The second-order valence-corrected chi connectivity index (χ2v) is 4.77. The van der Waals surface area contributed by atoms with Crippen LogP contribution in [0.4, 0.5) is 0 Å². The van der Waals surface area contributed by atoms with Crippen LogP contribution in [-0.4, -0.2) is 20.1 Å². The van der Waals surface area contributed by atoms with Gasteiger partial charge in [-0.2, -0.15) is 0 Å². The molecule has 0 radical (unpaired) electrons. The van der Waals surface area contributed by atoms with Crippen molar-refractivity contribution in [3.8, 4) is 17.2 Å². The first-order valence-corrected chi connectivity index (χ1v) is 6.61. The number of phenols is 1. The fourth-order valence-corrected chi connectivity index (χ4v) is 1.89. The molecule has 5 nitrogen and oxygen atoms in total. The number of aromatic nitrogens is 3. The first kappa shape index (κ1) is 13.2. The molecule has 0 aliphatic rings. The normalized spacial score (nSPS) is 10.5. The summed E-state index contributed by atoms with van der Waals surface area (Å²) < 4.78 is 7.31. The van der Waals surface area contributed by atoms with Crippen LogP contribution in [0.25, 0.3) is 5.69 Å². The predicted molar refractivity (Wildman–Crippen MR) is 78.5 cm³/mol. The zero-order chi connectivity index (χ0) is 14.7. The lowest BCUT2D eigenvalue weighted by molar-refractivity contribution is 0.301. The Morgan fingerprint density at radius 2 is 1.76 bits per heavy atom. The van der Waals surface area contributed by atoms with Gasteiger partial charge in [-0.15, -0.1) is 5.10 Å². The van der Waals surface area contributed by atoms with Gasteiger partial charge < -0.3 is 9.84 Å². The molecule has 0 saturated heterocycles. The lowest BCUT2D eigenvalue weighted by atomic mass is 10.2. The fraction of sp³-hybridized carbons (Fsp3) is 0.125. The highest BCUT2D eigenvalue weighted by molar-refractivity contribution is 5.36. The van der Waals surface area contributed by atoms with E-state index in [-0.39, 0.29) is 5.75 Å². The topological polar surface area (TPSA) is 60.2 Å². The van der Waals surface area contributed by atoms with Gasteiger partial charge >= 0.3 is 0 Å². The molecule has 1 heterocycles. The van der Waals surface area contributed by atoms with Gasteiger partial charge in [0.2, 0.25) is 0 Å². The first-order chi connectivity index (χ1) is 10.2. The van der Waals surface area contributed by atoms with E-state index in [4.69, 9.17) is 4.74 Å². The van der Waals surface area contributed by atoms with E-state index in [1.54, 1.807) is 35.1 Å². The van der Waals surface area contributed by atoms with Crippen molar-refractivity contribution in [1.29, 1.82) is 0 Å². The van der Waals surface area contributed by atoms with Gasteiger partial charge in [-0.25, -0.2) is 4.68 Å². The molecule has 5 heteroatoms. The van der Waals surface area contributed by atoms with Crippen molar-refractivity contribution in [2.45, 2.75) is 13.5 Å². The molecule has 0 aliphatic carbocycles. The summed E-state index contributed by atoms with van der Waals surface area (Å²) in [4.78, 5) is 0. The van der Waals surface area contributed by atoms with Crippen LogP contribution in [0, 0.1) is 6.92 Å². The molecular weight excluding hydrogens is 266 g/mol. The summed E-state index contributed by atoms with van der Waals surface area (Å²) in [6, 6.07) is 14.6. The van der Waals surface area contributed by atoms with Crippen molar-refractivity contribution in [1.82, 2.24) is 15.0 Å². The van der Waals surface area contributed by atoms with Crippen LogP contribution in [0.2, 0.25) is 0 Å². The van der Waals surface area contributed by atoms with E-state index in [9.17, 15) is 5.11 Å². The Labute approximate surface area is 122 Å². The molecule has 0 atom stereocenters. The summed E-state index contributed by atoms with van der Waals surface area (Å²) in [5, 5.41) is 17.4. The van der Waals surface area contributed by atoms with E-state index >= 15 is 0 Å². The van der Waals surface area contributed by atoms with Crippen molar-refractivity contribution in [2.24, 2.45) is 0 Å². The number of hydrogen-bond acceptors (Lipinski definition) is 4. The van der Waals surface area contributed by atoms with E-state index in [0.717, 1.165) is 17.1 Å². The van der Waals surface area contributed by atoms with E-state index in [1.807, 2.05) is 31.2 Å². The number of rotatable bonds is 4. The molecule has 0 spiro atoms. The largest absolute Gasteiger partial charge is 0.508 e. The molecule has 0 aliphatic heterocycles. The average molecular weight is 281 g/mol. The summed E-state index contributed by atoms with van der Waals surface area (Å²) >= 11 is 0. The Bertz CT molecular complexity index is 718. The van der Waals surface area contributed by atoms with E-state index in [2.05, 4.69) is 10.3 Å². The summed E-state index contributed by atoms with van der Waals surface area (Å²) in [5.74, 6) is 1.03. The molecule has 21 heavy (non-hydrogen) atoms. The minimum atomic E-state index is 0.224. The van der Waals surface area contributed by atoms with Crippen molar-refractivity contribution in [2.75, 3.05) is 0 Å². The summed E-state index contributed by atoms with van der Waals surface area (Å²) in [6.07, 6.45) is 1.81. The number of nitrogens with zero attached hydrogens (tertiary/aromatic N) is 3. The summed E-state index contributed by atoms with van der Waals surface area (Å²) in [7, 11) is 0. The van der Waals surface area contributed by atoms with Gasteiger partial charge in [0.25, 0.3) is 0 Å². The second-order valence-electron chi connectivity index (χ2n) is 4.77. The van der Waals surface area contributed by atoms with Crippen LogP contribution in [0.15, 0.2) is 54.7 Å². The third kappa shape index (κ3) is 3.20. The zero-order valence-corrected chi connectivity index (χ0v) is 11.6. The number of phenolic OH excluding ortho intramolecular Hbond substituents is 1. The van der Waals surface area contributed by atoms with Crippen LogP contribution in [-0.2, 0) is 6.61 Å². The molecule has 0 bridgehead atoms. The van der Waals surface area contributed by atoms with Gasteiger partial charge in [-0.1, -0.05) is 22.9 Å². The second kappa shape index (κ2) is 5.66. The van der Waals surface area contributed by atoms with Crippen molar-refractivity contribution < 1.29 is 9.84 Å². The monoisotopic (exact) mass is 281 g/mol. The number of benzene rings is 2. The zero-order valence-electron chi connectivity index (χ0n) is 11.6. The minimum absolute atomic E-state index is 0.224. The third-order valence-electron chi connectivity index (χ3n) is 3.06. The molecule has 1 N–H and O–H groups in total. The third-order valence-corrected chi connectivity index (χ3v) is 3.06. The molecule has 3 rings (SSSR count). The highest BCUT2D eigenvalue weighted by Gasteiger charge is 2.04. The molecule has 2 aromatic carbocycles. The standard InChI is InChI=1S/C16H15N3O2/c1-12-2-8-16(9-3-12)21-11-13-10-19(18-17-13)14-4-6-15(20)7-5-14/h2-10,20H,11H2,1H3. The molecule has 0 unspecified atom stereocenters. The van der Waals surface area contributed by atoms with Crippen molar-refractivity contribution in [3.63, 3.8) is 0 Å². The van der Waals surface area contributed by atoms with Crippen LogP contribution in [0.5, 0.6) is 11.5 Å². The molecule has 0 saturated carbocycles. The SMILES string of the molecule is Cc1ccc(OCc2cn(-c3ccc(O)cc3)nn2)cc1. The van der Waals surface area contributed by atoms with Gasteiger partial charge in [0.1, 0.15) is 23.8 Å². The highest BCUT2D eigenvalue weighted by Crippen LogP contribution is 2.15. The first-order valence-electron chi connectivity index (χ1n) is 6.61. The Morgan fingerprint density at radius 1 is 1.05 bits per heavy atom. The average Bonchev–Trinajstić information content (AvgIpc) is 2.96. The van der Waals surface area contributed by atoms with Gasteiger partial charge in [0, 0.05) is 0 Å². The lowest BCUT2D eigenvalue weighted by Crippen LogP contribution is -1.95. The van der Waals surface area contributed by atoms with Crippen LogP contribution < -0.4 is 4.74 Å². The van der Waals surface area contributed by atoms with Gasteiger partial charge in [0.15, 0.2) is 0 Å². The highest BCUT2D eigenvalue weighted by atomic mass is 16.5. The molecule has 0 fully saturated rings. The smallest absolute Gasteiger partial charge is 0.134 e. The van der Waals surface area contributed by atoms with E-state index in [1.165, 1.54) is 5.56 Å². The van der Waals surface area contributed by atoms with E-state index < -0.39 is 0 Å². The minimum Gasteiger partial charge on any atom is -0.508 e. The maximum atomic E-state index is 9.27. The molecule has 3 aromatic rings. The number of hydrogen-bond donors (Lipinski definition) is 1. The van der Waals surface area contributed by atoms with Crippen molar-refractivity contribution in [3.05, 3.63) is 66.0 Å². The quantitative estimate of drug-likeness (QED) is 0.799. The van der Waals surface area contributed by atoms with Crippen LogP contribution in [0.1, 0.15) is 11.3 Å². The van der Waals surface area contributed by atoms with E-state index in [0.29, 0.717) is 6.61 Å². The van der Waals surface area contributed by atoms with Gasteiger partial charge in [-0.3, -0.25) is 0 Å². The fourth-order valence-electron chi connectivity index (χ4n) is 1.89.